The van der Waals surface area contributed by atoms with Crippen molar-refractivity contribution in [1.29, 1.82) is 0 Å². The molecule has 21 heavy (non-hydrogen) atoms. The maximum atomic E-state index is 6.29. The predicted octanol–water partition coefficient (Wildman–Crippen LogP) is 3.58. The molecule has 0 fully saturated rings. The van der Waals surface area contributed by atoms with Crippen LogP contribution < -0.4 is 0 Å². The largest absolute Gasteiger partial charge is 0.307 e. The number of alkyl halides is 1. The fourth-order valence-corrected chi connectivity index (χ4v) is 2.92. The SMILES string of the molecule is Cc1nn(C)cc1Cn1c(C(C)Cl)nc2cc(Br)cnc21. The molecule has 110 valence electrons. The molecule has 3 heterocycles. The fourth-order valence-electron chi connectivity index (χ4n) is 2.44. The standard InChI is InChI=1S/C14H15BrClN5/c1-8(16)13-18-12-4-11(15)5-17-14(12)21(13)7-10-6-20(3)19-9(10)2/h4-6,8H,7H2,1-3H3. The van der Waals surface area contributed by atoms with Crippen molar-refractivity contribution >= 4 is 38.7 Å². The van der Waals surface area contributed by atoms with E-state index in [0.717, 1.165) is 32.7 Å². The van der Waals surface area contributed by atoms with Crippen molar-refractivity contribution in [3.8, 4) is 0 Å². The van der Waals surface area contributed by atoms with Crippen molar-refractivity contribution < 1.29 is 0 Å². The maximum absolute atomic E-state index is 6.29. The topological polar surface area (TPSA) is 48.5 Å². The van der Waals surface area contributed by atoms with E-state index in [-0.39, 0.29) is 5.38 Å². The second-order valence-corrected chi connectivity index (χ2v) is 6.65. The molecule has 3 aromatic heterocycles. The number of hydrogen-bond acceptors (Lipinski definition) is 3. The lowest BCUT2D eigenvalue weighted by Gasteiger charge is -2.09. The fraction of sp³-hybridized carbons (Fsp3) is 0.357. The van der Waals surface area contributed by atoms with E-state index in [0.29, 0.717) is 6.54 Å². The smallest absolute Gasteiger partial charge is 0.160 e. The van der Waals surface area contributed by atoms with Crippen LogP contribution in [0.3, 0.4) is 0 Å². The molecule has 3 aromatic rings. The number of aryl methyl sites for hydroxylation is 2. The number of aromatic nitrogens is 5. The molecule has 0 amide bonds. The molecular weight excluding hydrogens is 354 g/mol. The number of pyridine rings is 1. The molecule has 0 aliphatic heterocycles. The number of fused-ring (bicyclic) bond motifs is 1. The summed E-state index contributed by atoms with van der Waals surface area (Å²) in [7, 11) is 1.92. The summed E-state index contributed by atoms with van der Waals surface area (Å²) < 4.78 is 4.78. The Hall–Kier alpha value is -1.40. The van der Waals surface area contributed by atoms with E-state index >= 15 is 0 Å². The average molecular weight is 369 g/mol. The molecule has 1 atom stereocenters. The average Bonchev–Trinajstić information content (AvgIpc) is 2.90. The molecule has 5 nitrogen and oxygen atoms in total. The highest BCUT2D eigenvalue weighted by Gasteiger charge is 2.17. The van der Waals surface area contributed by atoms with Crippen LogP contribution in [0.15, 0.2) is 22.9 Å². The Labute approximate surface area is 136 Å². The molecule has 0 bridgehead atoms. The van der Waals surface area contributed by atoms with Gasteiger partial charge in [-0.25, -0.2) is 9.97 Å². The normalized spacial score (nSPS) is 13.0. The third-order valence-corrected chi connectivity index (χ3v) is 4.01. The van der Waals surface area contributed by atoms with Crippen molar-refractivity contribution in [2.45, 2.75) is 25.8 Å². The molecule has 1 unspecified atom stereocenters. The van der Waals surface area contributed by atoms with Crippen molar-refractivity contribution in [1.82, 2.24) is 24.3 Å². The first-order chi connectivity index (χ1) is 9.95. The maximum Gasteiger partial charge on any atom is 0.160 e. The van der Waals surface area contributed by atoms with E-state index in [4.69, 9.17) is 11.6 Å². The molecule has 0 N–H and O–H groups in total. The van der Waals surface area contributed by atoms with Crippen LogP contribution in [-0.2, 0) is 13.6 Å². The van der Waals surface area contributed by atoms with Crippen LogP contribution in [0.25, 0.3) is 11.2 Å². The Balaban J connectivity index is 2.15. The lowest BCUT2D eigenvalue weighted by Crippen LogP contribution is -2.07. The van der Waals surface area contributed by atoms with Crippen LogP contribution in [0, 0.1) is 6.92 Å². The molecule has 7 heteroatoms. The molecule has 0 radical (unpaired) electrons. The van der Waals surface area contributed by atoms with Gasteiger partial charge in [0.1, 0.15) is 11.3 Å². The van der Waals surface area contributed by atoms with Gasteiger partial charge in [-0.1, -0.05) is 0 Å². The lowest BCUT2D eigenvalue weighted by molar-refractivity contribution is 0.732. The molecule has 0 saturated carbocycles. The summed E-state index contributed by atoms with van der Waals surface area (Å²) in [4.78, 5) is 9.10. The quantitative estimate of drug-likeness (QED) is 0.664. The third-order valence-electron chi connectivity index (χ3n) is 3.38. The first kappa shape index (κ1) is 14.5. The number of halogens is 2. The van der Waals surface area contributed by atoms with E-state index < -0.39 is 0 Å². The highest BCUT2D eigenvalue weighted by Crippen LogP contribution is 2.26. The zero-order valence-electron chi connectivity index (χ0n) is 12.0. The van der Waals surface area contributed by atoms with Crippen LogP contribution in [0.2, 0.25) is 0 Å². The monoisotopic (exact) mass is 367 g/mol. The molecule has 0 spiro atoms. The first-order valence-electron chi connectivity index (χ1n) is 6.60. The van der Waals surface area contributed by atoms with Crippen molar-refractivity contribution in [2.24, 2.45) is 7.05 Å². The summed E-state index contributed by atoms with van der Waals surface area (Å²) in [6.07, 6.45) is 3.79. The highest BCUT2D eigenvalue weighted by molar-refractivity contribution is 9.10. The van der Waals surface area contributed by atoms with Crippen LogP contribution in [0.5, 0.6) is 0 Å². The lowest BCUT2D eigenvalue weighted by atomic mass is 10.2. The molecule has 0 aliphatic rings. The van der Waals surface area contributed by atoms with Gasteiger partial charge in [-0.15, -0.1) is 11.6 Å². The third kappa shape index (κ3) is 2.70. The van der Waals surface area contributed by atoms with Gasteiger partial charge in [0, 0.05) is 29.5 Å². The van der Waals surface area contributed by atoms with E-state index in [9.17, 15) is 0 Å². The van der Waals surface area contributed by atoms with E-state index in [1.807, 2.05) is 37.8 Å². The van der Waals surface area contributed by atoms with E-state index in [1.165, 1.54) is 0 Å². The summed E-state index contributed by atoms with van der Waals surface area (Å²) >= 11 is 9.71. The van der Waals surface area contributed by atoms with E-state index in [2.05, 4.69) is 35.6 Å². The summed E-state index contributed by atoms with van der Waals surface area (Å²) in [6.45, 7) is 4.59. The summed E-state index contributed by atoms with van der Waals surface area (Å²) in [6, 6.07) is 1.96. The molecule has 0 aliphatic carbocycles. The van der Waals surface area contributed by atoms with Crippen molar-refractivity contribution in [3.05, 3.63) is 40.0 Å². The van der Waals surface area contributed by atoms with Crippen molar-refractivity contribution in [2.75, 3.05) is 0 Å². The van der Waals surface area contributed by atoms with Gasteiger partial charge in [-0.05, 0) is 35.8 Å². The van der Waals surface area contributed by atoms with Gasteiger partial charge in [-0.3, -0.25) is 4.68 Å². The highest BCUT2D eigenvalue weighted by atomic mass is 79.9. The van der Waals surface area contributed by atoms with Crippen LogP contribution in [0.1, 0.15) is 29.4 Å². The van der Waals surface area contributed by atoms with Gasteiger partial charge in [0.25, 0.3) is 0 Å². The number of nitrogens with zero attached hydrogens (tertiary/aromatic N) is 5. The van der Waals surface area contributed by atoms with Gasteiger partial charge in [0.05, 0.1) is 17.6 Å². The number of imidazole rings is 1. The minimum Gasteiger partial charge on any atom is -0.307 e. The Morgan fingerprint density at radius 1 is 1.43 bits per heavy atom. The predicted molar refractivity (Wildman–Crippen MR) is 86.5 cm³/mol. The molecular formula is C14H15BrClN5. The van der Waals surface area contributed by atoms with Crippen LogP contribution in [0.4, 0.5) is 0 Å². The second-order valence-electron chi connectivity index (χ2n) is 5.08. The summed E-state index contributed by atoms with van der Waals surface area (Å²) in [5.74, 6) is 0.820. The zero-order chi connectivity index (χ0) is 15.1. The van der Waals surface area contributed by atoms with Gasteiger partial charge < -0.3 is 4.57 Å². The first-order valence-corrected chi connectivity index (χ1v) is 7.83. The Morgan fingerprint density at radius 3 is 2.81 bits per heavy atom. The van der Waals surface area contributed by atoms with Gasteiger partial charge >= 0.3 is 0 Å². The number of rotatable bonds is 3. The zero-order valence-corrected chi connectivity index (χ0v) is 14.4. The minimum atomic E-state index is -0.185. The molecule has 3 rings (SSSR count). The van der Waals surface area contributed by atoms with E-state index in [1.54, 1.807) is 6.20 Å². The Bertz CT molecular complexity index is 805. The second kappa shape index (κ2) is 5.42. The Morgan fingerprint density at radius 2 is 2.19 bits per heavy atom. The molecule has 0 saturated heterocycles. The summed E-state index contributed by atoms with van der Waals surface area (Å²) in [5.41, 5.74) is 3.82. The summed E-state index contributed by atoms with van der Waals surface area (Å²) in [5, 5.41) is 4.20. The van der Waals surface area contributed by atoms with Crippen molar-refractivity contribution in [3.63, 3.8) is 0 Å². The van der Waals surface area contributed by atoms with Crippen LogP contribution in [-0.4, -0.2) is 24.3 Å². The molecule has 0 aromatic carbocycles. The minimum absolute atomic E-state index is 0.185. The van der Waals surface area contributed by atoms with Gasteiger partial charge in [-0.2, -0.15) is 5.10 Å². The van der Waals surface area contributed by atoms with Gasteiger partial charge in [0.2, 0.25) is 0 Å². The Kier molecular flexibility index (Phi) is 3.75. The van der Waals surface area contributed by atoms with Gasteiger partial charge in [0.15, 0.2) is 5.65 Å². The number of hydrogen-bond donors (Lipinski definition) is 0. The van der Waals surface area contributed by atoms with Crippen LogP contribution >= 0.6 is 27.5 Å².